The maximum atomic E-state index is 13.6. The number of nitrogens with one attached hydrogen (secondary N) is 1. The summed E-state index contributed by atoms with van der Waals surface area (Å²) in [6, 6.07) is 9.37. The first-order valence-electron chi connectivity index (χ1n) is 8.61. The third-order valence-electron chi connectivity index (χ3n) is 4.27. The van der Waals surface area contributed by atoms with Crippen LogP contribution < -0.4 is 11.1 Å². The van der Waals surface area contributed by atoms with Gasteiger partial charge in [0.2, 0.25) is 11.6 Å². The van der Waals surface area contributed by atoms with E-state index >= 15 is 0 Å². The first-order valence-corrected chi connectivity index (χ1v) is 8.61. The van der Waals surface area contributed by atoms with E-state index in [4.69, 9.17) is 5.73 Å². The van der Waals surface area contributed by atoms with E-state index in [-0.39, 0.29) is 30.8 Å². The molecule has 0 amide bonds. The summed E-state index contributed by atoms with van der Waals surface area (Å²) >= 11 is 0. The Balaban J connectivity index is 1.73. The molecule has 1 aromatic carbocycles. The van der Waals surface area contributed by atoms with Crippen LogP contribution in [0.1, 0.15) is 23.2 Å². The topological polar surface area (TPSA) is 92.5 Å². The molecule has 0 fully saturated rings. The molecule has 0 aliphatic carbocycles. The number of benzene rings is 1. The Morgan fingerprint density at radius 3 is 2.31 bits per heavy atom. The van der Waals surface area contributed by atoms with Gasteiger partial charge in [0.25, 0.3) is 11.9 Å². The normalized spacial score (nSPS) is 10.8. The van der Waals surface area contributed by atoms with Crippen LogP contribution in [0, 0.1) is 41.8 Å². The van der Waals surface area contributed by atoms with Crippen molar-refractivity contribution in [1.82, 2.24) is 14.8 Å². The van der Waals surface area contributed by atoms with E-state index in [1.165, 1.54) is 4.68 Å². The molecule has 0 atom stereocenters. The molecule has 0 unspecified atom stereocenters. The van der Waals surface area contributed by atoms with Crippen molar-refractivity contribution in [2.24, 2.45) is 0 Å². The number of halogens is 4. The number of aromatic nitrogens is 3. The highest BCUT2D eigenvalue weighted by Crippen LogP contribution is 2.24. The van der Waals surface area contributed by atoms with Crippen LogP contribution in [-0.2, 0) is 6.42 Å². The van der Waals surface area contributed by atoms with Crippen molar-refractivity contribution in [3.8, 4) is 11.8 Å². The molecule has 3 N–H and O–H groups in total. The van der Waals surface area contributed by atoms with Crippen LogP contribution in [0.15, 0.2) is 24.3 Å². The zero-order valence-corrected chi connectivity index (χ0v) is 15.3. The molecule has 150 valence electrons. The van der Waals surface area contributed by atoms with E-state index in [1.807, 2.05) is 37.3 Å². The zero-order chi connectivity index (χ0) is 21.1. The number of nitrogen functional groups attached to an aromatic ring is 1. The van der Waals surface area contributed by atoms with Gasteiger partial charge in [-0.15, -0.1) is 0 Å². The first kappa shape index (κ1) is 20.1. The van der Waals surface area contributed by atoms with Crippen molar-refractivity contribution in [1.29, 1.82) is 5.26 Å². The summed E-state index contributed by atoms with van der Waals surface area (Å²) < 4.78 is 54.9. The van der Waals surface area contributed by atoms with Gasteiger partial charge < -0.3 is 11.1 Å². The third kappa shape index (κ3) is 3.99. The van der Waals surface area contributed by atoms with Crippen LogP contribution in [0.25, 0.3) is 5.69 Å². The van der Waals surface area contributed by atoms with E-state index < -0.39 is 29.2 Å². The van der Waals surface area contributed by atoms with Crippen LogP contribution in [0.3, 0.4) is 0 Å². The minimum atomic E-state index is -1.73. The summed E-state index contributed by atoms with van der Waals surface area (Å²) in [6.45, 7) is 1.90. The number of nitrogens with zero attached hydrogens (tertiary/aromatic N) is 4. The van der Waals surface area contributed by atoms with E-state index in [2.05, 4.69) is 15.4 Å². The quantitative estimate of drug-likeness (QED) is 0.372. The number of anilines is 2. The van der Waals surface area contributed by atoms with Crippen LogP contribution >= 0.6 is 0 Å². The van der Waals surface area contributed by atoms with E-state index in [9.17, 15) is 22.8 Å². The highest BCUT2D eigenvalue weighted by molar-refractivity contribution is 5.56. The van der Waals surface area contributed by atoms with Crippen molar-refractivity contribution < 1.29 is 17.6 Å². The van der Waals surface area contributed by atoms with Gasteiger partial charge in [-0.25, -0.2) is 4.68 Å². The van der Waals surface area contributed by atoms with Gasteiger partial charge in [-0.05, 0) is 31.9 Å². The molecule has 6 nitrogen and oxygen atoms in total. The number of aryl methyl sites for hydroxylation is 2. The molecule has 0 bridgehead atoms. The fourth-order valence-corrected chi connectivity index (χ4v) is 2.77. The lowest BCUT2D eigenvalue weighted by molar-refractivity contribution is 0.410. The SMILES string of the molecule is Cc1ccc(-n2nc(CCCNc3c(F)c(F)nc(F)c3F)c(C#N)c2N)cc1. The highest BCUT2D eigenvalue weighted by atomic mass is 19.2. The van der Waals surface area contributed by atoms with Gasteiger partial charge in [-0.1, -0.05) is 17.7 Å². The van der Waals surface area contributed by atoms with Gasteiger partial charge in [0, 0.05) is 6.54 Å². The zero-order valence-electron chi connectivity index (χ0n) is 15.3. The molecule has 0 aliphatic rings. The number of nitriles is 1. The average Bonchev–Trinajstić information content (AvgIpc) is 3.01. The number of rotatable bonds is 6. The lowest BCUT2D eigenvalue weighted by atomic mass is 10.1. The van der Waals surface area contributed by atoms with Crippen molar-refractivity contribution in [3.05, 3.63) is 64.6 Å². The second-order valence-corrected chi connectivity index (χ2v) is 6.29. The van der Waals surface area contributed by atoms with E-state index in [1.54, 1.807) is 0 Å². The molecule has 2 heterocycles. The fraction of sp³-hybridized carbons (Fsp3) is 0.211. The predicted molar refractivity (Wildman–Crippen MR) is 98.3 cm³/mol. The Kier molecular flexibility index (Phi) is 5.68. The maximum absolute atomic E-state index is 13.6. The summed E-state index contributed by atoms with van der Waals surface area (Å²) in [7, 11) is 0. The number of pyridine rings is 1. The van der Waals surface area contributed by atoms with Crippen molar-refractivity contribution in [2.45, 2.75) is 19.8 Å². The number of nitrogens with two attached hydrogens (primary N) is 1. The molecule has 10 heteroatoms. The summed E-state index contributed by atoms with van der Waals surface area (Å²) in [5, 5.41) is 16.0. The summed E-state index contributed by atoms with van der Waals surface area (Å²) in [6.07, 6.45) is 0.516. The summed E-state index contributed by atoms with van der Waals surface area (Å²) in [4.78, 5) is 2.49. The van der Waals surface area contributed by atoms with Gasteiger partial charge in [-0.2, -0.15) is 32.9 Å². The monoisotopic (exact) mass is 404 g/mol. The smallest absolute Gasteiger partial charge is 0.253 e. The van der Waals surface area contributed by atoms with Crippen LogP contribution in [0.4, 0.5) is 29.1 Å². The number of hydrogen-bond acceptors (Lipinski definition) is 5. The average molecular weight is 404 g/mol. The minimum absolute atomic E-state index is 0.0289. The Morgan fingerprint density at radius 2 is 1.72 bits per heavy atom. The van der Waals surface area contributed by atoms with Crippen molar-refractivity contribution >= 4 is 11.5 Å². The highest BCUT2D eigenvalue weighted by Gasteiger charge is 2.21. The predicted octanol–water partition coefficient (Wildman–Crippen LogP) is 3.63. The standard InChI is InChI=1S/C19H16F4N6/c1-10-4-6-11(7-5-10)29-19(25)12(9-24)13(28-29)3-2-8-26-16-14(20)17(22)27-18(23)15(16)21/h4-7H,2-3,8,25H2,1H3,(H,26,27). The fourth-order valence-electron chi connectivity index (χ4n) is 2.77. The third-order valence-corrected chi connectivity index (χ3v) is 4.27. The van der Waals surface area contributed by atoms with E-state index in [0.717, 1.165) is 5.56 Å². The molecule has 0 saturated carbocycles. The lowest BCUT2D eigenvalue weighted by Gasteiger charge is -2.08. The van der Waals surface area contributed by atoms with Crippen molar-refractivity contribution in [3.63, 3.8) is 0 Å². The van der Waals surface area contributed by atoms with Crippen LogP contribution in [0.5, 0.6) is 0 Å². The lowest BCUT2D eigenvalue weighted by Crippen LogP contribution is -2.11. The summed E-state index contributed by atoms with van der Waals surface area (Å²) in [5.41, 5.74) is 7.43. The second kappa shape index (κ2) is 8.18. The Labute approximate surface area is 163 Å². The van der Waals surface area contributed by atoms with Crippen molar-refractivity contribution in [2.75, 3.05) is 17.6 Å². The Morgan fingerprint density at radius 1 is 1.10 bits per heavy atom. The van der Waals surface area contributed by atoms with Crippen LogP contribution in [-0.4, -0.2) is 21.3 Å². The molecule has 0 aliphatic heterocycles. The Bertz CT molecular complexity index is 1060. The Hall–Kier alpha value is -3.61. The van der Waals surface area contributed by atoms with Gasteiger partial charge in [-0.3, -0.25) is 0 Å². The molecule has 0 saturated heterocycles. The molecule has 3 aromatic rings. The number of hydrogen-bond donors (Lipinski definition) is 2. The summed E-state index contributed by atoms with van der Waals surface area (Å²) in [5.74, 6) is -6.50. The largest absolute Gasteiger partial charge is 0.382 e. The van der Waals surface area contributed by atoms with Gasteiger partial charge >= 0.3 is 0 Å². The molecule has 0 spiro atoms. The van der Waals surface area contributed by atoms with Crippen LogP contribution in [0.2, 0.25) is 0 Å². The van der Waals surface area contributed by atoms with Gasteiger partial charge in [0.05, 0.1) is 11.4 Å². The molecule has 0 radical (unpaired) electrons. The van der Waals surface area contributed by atoms with Gasteiger partial charge in [0.1, 0.15) is 23.1 Å². The molecule has 29 heavy (non-hydrogen) atoms. The first-order chi connectivity index (χ1) is 13.8. The second-order valence-electron chi connectivity index (χ2n) is 6.29. The maximum Gasteiger partial charge on any atom is 0.253 e. The van der Waals surface area contributed by atoms with Gasteiger partial charge in [0.15, 0.2) is 0 Å². The molecular formula is C19H16F4N6. The molecular weight excluding hydrogens is 388 g/mol. The molecule has 2 aromatic heterocycles. The van der Waals surface area contributed by atoms with E-state index in [0.29, 0.717) is 11.4 Å². The molecule has 3 rings (SSSR count). The minimum Gasteiger partial charge on any atom is -0.382 e.